The summed E-state index contributed by atoms with van der Waals surface area (Å²) >= 11 is 0. The summed E-state index contributed by atoms with van der Waals surface area (Å²) in [6.07, 6.45) is -5.62. The second-order valence-electron chi connectivity index (χ2n) is 9.26. The number of hydrogen-bond donors (Lipinski definition) is 0. The molecule has 2 aromatic rings. The molecule has 190 valence electrons. The lowest BCUT2D eigenvalue weighted by molar-refractivity contribution is -0.153. The van der Waals surface area contributed by atoms with Crippen molar-refractivity contribution in [2.45, 2.75) is 68.9 Å². The van der Waals surface area contributed by atoms with Crippen LogP contribution in [0.1, 0.15) is 49.3 Å². The molecule has 3 saturated heterocycles. The third kappa shape index (κ3) is 4.67. The molecule has 4 heterocycles. The fourth-order valence-electron chi connectivity index (χ4n) is 5.32. The number of piperidine rings is 1. The van der Waals surface area contributed by atoms with Crippen molar-refractivity contribution in [2.75, 3.05) is 18.1 Å². The predicted octanol–water partition coefficient (Wildman–Crippen LogP) is 5.92. The zero-order valence-corrected chi connectivity index (χ0v) is 18.8. The van der Waals surface area contributed by atoms with Gasteiger partial charge in [0.25, 0.3) is 0 Å². The number of ether oxygens (including phenoxy) is 3. The molecule has 0 amide bonds. The van der Waals surface area contributed by atoms with Gasteiger partial charge in [0.2, 0.25) is 0 Å². The van der Waals surface area contributed by atoms with Gasteiger partial charge in [-0.3, -0.25) is 0 Å². The first-order chi connectivity index (χ1) is 16.4. The monoisotopic (exact) mass is 502 g/mol. The predicted molar refractivity (Wildman–Crippen MR) is 113 cm³/mol. The van der Waals surface area contributed by atoms with E-state index in [0.29, 0.717) is 18.7 Å². The molecule has 1 aromatic heterocycles. The van der Waals surface area contributed by atoms with Gasteiger partial charge in [0.15, 0.2) is 5.79 Å². The molecule has 5 rings (SSSR count). The number of nitrogens with zero attached hydrogens (tertiary/aromatic N) is 2. The summed E-state index contributed by atoms with van der Waals surface area (Å²) in [5, 5.41) is 0. The fourth-order valence-corrected chi connectivity index (χ4v) is 5.32. The summed E-state index contributed by atoms with van der Waals surface area (Å²) < 4.78 is 96.3. The normalized spacial score (nSPS) is 26.3. The molecule has 0 aliphatic carbocycles. The number of hydrogen-bond acceptors (Lipinski definition) is 5. The lowest BCUT2D eigenvalue weighted by Gasteiger charge is -2.40. The van der Waals surface area contributed by atoms with Crippen molar-refractivity contribution in [3.63, 3.8) is 0 Å². The van der Waals surface area contributed by atoms with E-state index in [-0.39, 0.29) is 42.7 Å². The van der Waals surface area contributed by atoms with Gasteiger partial charge in [-0.2, -0.15) is 26.3 Å². The van der Waals surface area contributed by atoms with Gasteiger partial charge in [0, 0.05) is 31.1 Å². The molecule has 0 radical (unpaired) electrons. The van der Waals surface area contributed by atoms with E-state index in [4.69, 9.17) is 14.2 Å². The zero-order valence-electron chi connectivity index (χ0n) is 18.8. The average molecular weight is 502 g/mol. The minimum Gasteiger partial charge on any atom is -0.490 e. The Morgan fingerprint density at radius 1 is 0.914 bits per heavy atom. The van der Waals surface area contributed by atoms with E-state index in [1.807, 2.05) is 4.90 Å². The van der Waals surface area contributed by atoms with Crippen molar-refractivity contribution in [1.29, 1.82) is 0 Å². The summed E-state index contributed by atoms with van der Waals surface area (Å²) in [6, 6.07) is 5.73. The molecule has 3 atom stereocenters. The highest BCUT2D eigenvalue weighted by atomic mass is 19.4. The molecule has 11 heteroatoms. The van der Waals surface area contributed by atoms with Crippen LogP contribution in [0.2, 0.25) is 0 Å². The first kappa shape index (κ1) is 24.2. The van der Waals surface area contributed by atoms with E-state index in [2.05, 4.69) is 4.98 Å². The maximum atomic E-state index is 13.4. The van der Waals surface area contributed by atoms with Crippen LogP contribution in [-0.2, 0) is 27.6 Å². The van der Waals surface area contributed by atoms with Crippen molar-refractivity contribution in [1.82, 2.24) is 4.98 Å². The van der Waals surface area contributed by atoms with E-state index < -0.39 is 29.3 Å². The Balaban J connectivity index is 1.36. The van der Waals surface area contributed by atoms with Crippen LogP contribution < -0.4 is 9.64 Å². The van der Waals surface area contributed by atoms with Crippen LogP contribution >= 0.6 is 0 Å². The van der Waals surface area contributed by atoms with Crippen molar-refractivity contribution in [2.24, 2.45) is 0 Å². The number of pyridine rings is 1. The number of benzene rings is 1. The van der Waals surface area contributed by atoms with Gasteiger partial charge in [-0.25, -0.2) is 4.98 Å². The summed E-state index contributed by atoms with van der Waals surface area (Å²) in [7, 11) is 0. The summed E-state index contributed by atoms with van der Waals surface area (Å²) in [4.78, 5) is 6.09. The minimum absolute atomic E-state index is 0.00968. The summed E-state index contributed by atoms with van der Waals surface area (Å²) in [6.45, 7) is 2.09. The highest BCUT2D eigenvalue weighted by Gasteiger charge is 2.44. The largest absolute Gasteiger partial charge is 0.490 e. The second-order valence-corrected chi connectivity index (χ2v) is 9.26. The molecule has 5 nitrogen and oxygen atoms in total. The molecular weight excluding hydrogens is 478 g/mol. The topological polar surface area (TPSA) is 43.8 Å². The maximum absolute atomic E-state index is 13.4. The van der Waals surface area contributed by atoms with Crippen LogP contribution in [0.3, 0.4) is 0 Å². The molecule has 2 unspecified atom stereocenters. The van der Waals surface area contributed by atoms with Gasteiger partial charge in [-0.1, -0.05) is 0 Å². The van der Waals surface area contributed by atoms with Crippen molar-refractivity contribution in [3.05, 3.63) is 53.2 Å². The lowest BCUT2D eigenvalue weighted by atomic mass is 9.98. The Morgan fingerprint density at radius 3 is 2.06 bits per heavy atom. The van der Waals surface area contributed by atoms with Gasteiger partial charge >= 0.3 is 12.4 Å². The zero-order chi connectivity index (χ0) is 25.0. The smallest absolute Gasteiger partial charge is 0.417 e. The van der Waals surface area contributed by atoms with Gasteiger partial charge < -0.3 is 19.1 Å². The first-order valence-corrected chi connectivity index (χ1v) is 11.4. The van der Waals surface area contributed by atoms with E-state index in [1.165, 1.54) is 12.1 Å². The van der Waals surface area contributed by atoms with Crippen LogP contribution in [0.4, 0.5) is 32.2 Å². The standard InChI is InChI=1S/C24H24F6N2O3/c1-22(33-8-9-34-22)19-10-14(23(25,26)27)2-6-20(19)35-18-11-16-4-5-17(12-18)32(16)21-7-3-15(13-31-21)24(28,29)30/h2-3,6-7,10,13,16-18H,4-5,8-9,11-12H2,1H3/t16-,17?,18?/m1/s1. The number of halogens is 6. The van der Waals surface area contributed by atoms with Crippen LogP contribution in [0.15, 0.2) is 36.5 Å². The molecule has 3 fully saturated rings. The van der Waals surface area contributed by atoms with Crippen LogP contribution in [0.5, 0.6) is 5.75 Å². The summed E-state index contributed by atoms with van der Waals surface area (Å²) in [5.41, 5.74) is -1.43. The molecule has 3 aliphatic heterocycles. The fraction of sp³-hybridized carbons (Fsp3) is 0.542. The Hall–Kier alpha value is -2.53. The van der Waals surface area contributed by atoms with Crippen molar-refractivity contribution >= 4 is 5.82 Å². The Bertz CT molecular complexity index is 1050. The number of alkyl halides is 6. The third-order valence-corrected chi connectivity index (χ3v) is 6.96. The molecular formula is C24H24F6N2O3. The first-order valence-electron chi connectivity index (χ1n) is 11.4. The average Bonchev–Trinajstić information content (AvgIpc) is 3.34. The van der Waals surface area contributed by atoms with E-state index in [1.54, 1.807) is 6.92 Å². The van der Waals surface area contributed by atoms with Gasteiger partial charge in [-0.05, 0) is 50.1 Å². The number of anilines is 1. The molecule has 0 N–H and O–H groups in total. The summed E-state index contributed by atoms with van der Waals surface area (Å²) in [5.74, 6) is -0.590. The Kier molecular flexibility index (Phi) is 5.90. The third-order valence-electron chi connectivity index (χ3n) is 6.96. The maximum Gasteiger partial charge on any atom is 0.417 e. The van der Waals surface area contributed by atoms with Gasteiger partial charge in [0.05, 0.1) is 29.9 Å². The molecule has 0 saturated carbocycles. The molecule has 1 aromatic carbocycles. The van der Waals surface area contributed by atoms with Gasteiger partial charge in [-0.15, -0.1) is 0 Å². The van der Waals surface area contributed by atoms with E-state index in [0.717, 1.165) is 37.2 Å². The van der Waals surface area contributed by atoms with E-state index >= 15 is 0 Å². The molecule has 2 bridgehead atoms. The SMILES string of the molecule is CC1(c2cc(C(F)(F)F)ccc2OC2CC3CC[C@H](C2)N3c2ccc(C(F)(F)F)cn2)OCCO1. The van der Waals surface area contributed by atoms with E-state index in [9.17, 15) is 26.3 Å². The lowest BCUT2D eigenvalue weighted by Crippen LogP contribution is -2.47. The second kappa shape index (κ2) is 8.55. The number of fused-ring (bicyclic) bond motifs is 2. The van der Waals surface area contributed by atoms with Crippen LogP contribution in [0, 0.1) is 0 Å². The van der Waals surface area contributed by atoms with Crippen molar-refractivity contribution in [3.8, 4) is 5.75 Å². The Morgan fingerprint density at radius 2 is 1.51 bits per heavy atom. The van der Waals surface area contributed by atoms with Crippen molar-refractivity contribution < 1.29 is 40.6 Å². The van der Waals surface area contributed by atoms with Crippen LogP contribution in [0.25, 0.3) is 0 Å². The highest BCUT2D eigenvalue weighted by Crippen LogP contribution is 2.44. The molecule has 0 spiro atoms. The molecule has 35 heavy (non-hydrogen) atoms. The quantitative estimate of drug-likeness (QED) is 0.486. The molecule has 3 aliphatic rings. The van der Waals surface area contributed by atoms with Gasteiger partial charge in [0.1, 0.15) is 17.7 Å². The number of aromatic nitrogens is 1. The number of rotatable bonds is 4. The van der Waals surface area contributed by atoms with Crippen LogP contribution in [-0.4, -0.2) is 36.4 Å². The highest BCUT2D eigenvalue weighted by molar-refractivity contribution is 5.46. The minimum atomic E-state index is -4.53. The Labute approximate surface area is 198 Å².